The van der Waals surface area contributed by atoms with E-state index in [1.54, 1.807) is 0 Å². The zero-order valence-electron chi connectivity index (χ0n) is 12.1. The lowest BCUT2D eigenvalue weighted by molar-refractivity contribution is 0.588. The van der Waals surface area contributed by atoms with Crippen LogP contribution < -0.4 is 10.0 Å². The Hall–Kier alpha value is -1.86. The maximum absolute atomic E-state index is 12.1. The average Bonchev–Trinajstić information content (AvgIpc) is 2.88. The summed E-state index contributed by atoms with van der Waals surface area (Å²) in [7, 11) is -3.44. The van der Waals surface area contributed by atoms with E-state index in [4.69, 9.17) is 0 Å². The van der Waals surface area contributed by atoms with Crippen LogP contribution in [0.5, 0.6) is 0 Å². The van der Waals surface area contributed by atoms with Crippen molar-refractivity contribution in [3.05, 3.63) is 47.8 Å². The largest absolute Gasteiger partial charge is 0.310 e. The molecular weight excluding hydrogens is 288 g/mol. The van der Waals surface area contributed by atoms with E-state index in [-0.39, 0.29) is 5.75 Å². The molecule has 0 amide bonds. The normalized spacial score (nSPS) is 11.8. The highest BCUT2D eigenvalue weighted by molar-refractivity contribution is 7.91. The summed E-state index contributed by atoms with van der Waals surface area (Å²) >= 11 is 0. The fourth-order valence-electron chi connectivity index (χ4n) is 1.89. The van der Waals surface area contributed by atoms with Gasteiger partial charge in [0.1, 0.15) is 0 Å². The monoisotopic (exact) mass is 308 g/mol. The molecule has 0 bridgehead atoms. The number of aromatic nitrogens is 2. The minimum absolute atomic E-state index is 0.0618. The molecule has 6 nitrogen and oxygen atoms in total. The van der Waals surface area contributed by atoms with Gasteiger partial charge in [0.25, 0.3) is 0 Å². The summed E-state index contributed by atoms with van der Waals surface area (Å²) in [5.74, 6) is -0.0618. The number of H-pyrrole nitrogens is 1. The number of nitrogens with one attached hydrogen (secondary N) is 3. The van der Waals surface area contributed by atoms with E-state index in [2.05, 4.69) is 34.1 Å². The van der Waals surface area contributed by atoms with Crippen molar-refractivity contribution in [2.45, 2.75) is 32.2 Å². The van der Waals surface area contributed by atoms with Crippen molar-refractivity contribution in [2.24, 2.45) is 0 Å². The Morgan fingerprint density at radius 1 is 1.29 bits per heavy atom. The maximum Gasteiger partial charge on any atom is 0.237 e. The molecule has 0 radical (unpaired) electrons. The van der Waals surface area contributed by atoms with Crippen LogP contribution in [0.25, 0.3) is 0 Å². The minimum Gasteiger partial charge on any atom is -0.310 e. The van der Waals surface area contributed by atoms with Gasteiger partial charge in [-0.05, 0) is 11.1 Å². The number of sulfonamides is 1. The highest BCUT2D eigenvalue weighted by Crippen LogP contribution is 2.12. The van der Waals surface area contributed by atoms with Crippen LogP contribution in [0.15, 0.2) is 36.7 Å². The van der Waals surface area contributed by atoms with Gasteiger partial charge in [0.15, 0.2) is 0 Å². The molecule has 0 aliphatic carbocycles. The first-order valence-corrected chi connectivity index (χ1v) is 8.40. The molecule has 1 heterocycles. The molecule has 0 saturated heterocycles. The Morgan fingerprint density at radius 2 is 2.05 bits per heavy atom. The van der Waals surface area contributed by atoms with Gasteiger partial charge >= 0.3 is 0 Å². The molecule has 1 aromatic carbocycles. The van der Waals surface area contributed by atoms with E-state index in [1.165, 1.54) is 12.4 Å². The van der Waals surface area contributed by atoms with Crippen LogP contribution in [0.1, 0.15) is 25.0 Å². The van der Waals surface area contributed by atoms with E-state index >= 15 is 0 Å². The number of benzene rings is 1. The van der Waals surface area contributed by atoms with Crippen molar-refractivity contribution in [3.63, 3.8) is 0 Å². The van der Waals surface area contributed by atoms with Crippen LogP contribution in [0.3, 0.4) is 0 Å². The summed E-state index contributed by atoms with van der Waals surface area (Å²) in [5, 5.41) is 9.59. The van der Waals surface area contributed by atoms with Gasteiger partial charge in [-0.15, -0.1) is 0 Å². The maximum atomic E-state index is 12.1. The van der Waals surface area contributed by atoms with Gasteiger partial charge < -0.3 is 5.32 Å². The van der Waals surface area contributed by atoms with Crippen LogP contribution in [0, 0.1) is 0 Å². The molecule has 2 aromatic rings. The highest BCUT2D eigenvalue weighted by Gasteiger charge is 2.12. The van der Waals surface area contributed by atoms with Crippen LogP contribution in [-0.2, 0) is 22.3 Å². The van der Waals surface area contributed by atoms with Crippen molar-refractivity contribution < 1.29 is 8.42 Å². The van der Waals surface area contributed by atoms with Crippen molar-refractivity contribution in [2.75, 3.05) is 4.72 Å². The summed E-state index contributed by atoms with van der Waals surface area (Å²) < 4.78 is 26.6. The van der Waals surface area contributed by atoms with Gasteiger partial charge in [-0.25, -0.2) is 8.42 Å². The second kappa shape index (κ2) is 6.73. The van der Waals surface area contributed by atoms with Crippen molar-refractivity contribution >= 4 is 15.7 Å². The first kappa shape index (κ1) is 15.5. The van der Waals surface area contributed by atoms with E-state index < -0.39 is 10.0 Å². The molecule has 0 aliphatic heterocycles. The third kappa shape index (κ3) is 5.20. The number of nitrogens with zero attached hydrogens (tertiary/aromatic N) is 1. The van der Waals surface area contributed by atoms with E-state index in [1.807, 2.05) is 24.3 Å². The number of hydrogen-bond donors (Lipinski definition) is 3. The quantitative estimate of drug-likeness (QED) is 0.728. The van der Waals surface area contributed by atoms with Crippen LogP contribution >= 0.6 is 0 Å². The van der Waals surface area contributed by atoms with Crippen LogP contribution in [-0.4, -0.2) is 24.7 Å². The Morgan fingerprint density at radius 3 is 2.71 bits per heavy atom. The number of aromatic amines is 1. The molecule has 0 saturated carbocycles. The lowest BCUT2D eigenvalue weighted by Crippen LogP contribution is -2.22. The third-order valence-corrected chi connectivity index (χ3v) is 4.09. The molecule has 1 aromatic heterocycles. The van der Waals surface area contributed by atoms with Gasteiger partial charge in [0, 0.05) is 18.8 Å². The molecule has 0 spiro atoms. The van der Waals surface area contributed by atoms with Crippen molar-refractivity contribution in [1.29, 1.82) is 0 Å². The summed E-state index contributed by atoms with van der Waals surface area (Å²) in [6.45, 7) is 4.87. The third-order valence-electron chi connectivity index (χ3n) is 2.83. The topological polar surface area (TPSA) is 86.9 Å². The van der Waals surface area contributed by atoms with Gasteiger partial charge in [0.2, 0.25) is 10.0 Å². The zero-order chi connectivity index (χ0) is 15.3. The zero-order valence-corrected chi connectivity index (χ0v) is 12.9. The number of hydrogen-bond acceptors (Lipinski definition) is 4. The van der Waals surface area contributed by atoms with E-state index in [9.17, 15) is 8.42 Å². The minimum atomic E-state index is -3.44. The first-order chi connectivity index (χ1) is 9.94. The predicted octanol–water partition coefficient (Wildman–Crippen LogP) is 1.85. The number of anilines is 1. The lowest BCUT2D eigenvalue weighted by Gasteiger charge is -2.10. The summed E-state index contributed by atoms with van der Waals surface area (Å²) in [6, 6.07) is 7.96. The van der Waals surface area contributed by atoms with Gasteiger partial charge in [-0.1, -0.05) is 38.1 Å². The summed E-state index contributed by atoms with van der Waals surface area (Å²) in [6.07, 6.45) is 2.93. The molecule has 3 N–H and O–H groups in total. The van der Waals surface area contributed by atoms with Crippen molar-refractivity contribution in [3.8, 4) is 0 Å². The molecule has 7 heteroatoms. The Labute approximate surface area is 125 Å². The van der Waals surface area contributed by atoms with Crippen LogP contribution in [0.2, 0.25) is 0 Å². The predicted molar refractivity (Wildman–Crippen MR) is 83.3 cm³/mol. The summed E-state index contributed by atoms with van der Waals surface area (Å²) in [5.41, 5.74) is 2.27. The molecule has 0 fully saturated rings. The fourth-order valence-corrected chi connectivity index (χ4v) is 3.05. The second-order valence-corrected chi connectivity index (χ2v) is 6.93. The molecule has 114 valence electrons. The second-order valence-electron chi connectivity index (χ2n) is 5.20. The summed E-state index contributed by atoms with van der Waals surface area (Å²) in [4.78, 5) is 0. The Bertz CT molecular complexity index is 666. The highest BCUT2D eigenvalue weighted by atomic mass is 32.2. The Kier molecular flexibility index (Phi) is 4.98. The average molecular weight is 308 g/mol. The molecule has 21 heavy (non-hydrogen) atoms. The standard InChI is InChI=1S/C14H20N4O2S/c1-11(2)15-7-12-4-3-5-13(6-12)10-21(19,20)18-14-8-16-17-9-14/h3-6,8-9,11,15,18H,7,10H2,1-2H3,(H,16,17). The molecule has 2 rings (SSSR count). The molecule has 0 unspecified atom stereocenters. The molecule has 0 atom stereocenters. The van der Waals surface area contributed by atoms with Gasteiger partial charge in [0.05, 0.1) is 17.6 Å². The smallest absolute Gasteiger partial charge is 0.237 e. The van der Waals surface area contributed by atoms with Gasteiger partial charge in [-0.2, -0.15) is 5.10 Å². The van der Waals surface area contributed by atoms with Gasteiger partial charge in [-0.3, -0.25) is 9.82 Å². The first-order valence-electron chi connectivity index (χ1n) is 6.75. The molecular formula is C14H20N4O2S. The SMILES string of the molecule is CC(C)NCc1cccc(CS(=O)(=O)Nc2cn[nH]c2)c1. The van der Waals surface area contributed by atoms with E-state index in [0.29, 0.717) is 11.7 Å². The lowest BCUT2D eigenvalue weighted by atomic mass is 10.1. The van der Waals surface area contributed by atoms with Crippen LogP contribution in [0.4, 0.5) is 5.69 Å². The van der Waals surface area contributed by atoms with E-state index in [0.717, 1.165) is 17.7 Å². The fraction of sp³-hybridized carbons (Fsp3) is 0.357. The number of rotatable bonds is 7. The van der Waals surface area contributed by atoms with Crippen molar-refractivity contribution in [1.82, 2.24) is 15.5 Å². The molecule has 0 aliphatic rings. The Balaban J connectivity index is 2.03.